The minimum absolute atomic E-state index is 0.157. The van der Waals surface area contributed by atoms with Crippen LogP contribution < -0.4 is 21.5 Å². The van der Waals surface area contributed by atoms with Crippen molar-refractivity contribution in [2.45, 2.75) is 38.6 Å². The molecule has 12 heteroatoms. The lowest BCUT2D eigenvalue weighted by Gasteiger charge is -2.20. The third-order valence-corrected chi connectivity index (χ3v) is 7.76. The normalized spacial score (nSPS) is 13.5. The van der Waals surface area contributed by atoms with Crippen LogP contribution in [0.1, 0.15) is 53.1 Å². The van der Waals surface area contributed by atoms with Crippen molar-refractivity contribution in [1.29, 1.82) is 0 Å². The number of amides is 2. The molecular weight excluding hydrogens is 565 g/mol. The number of anilines is 2. The van der Waals surface area contributed by atoms with Gasteiger partial charge in [0.25, 0.3) is 11.5 Å². The van der Waals surface area contributed by atoms with Gasteiger partial charge < -0.3 is 15.2 Å². The number of fused-ring (bicyclic) bond motifs is 1. The van der Waals surface area contributed by atoms with E-state index in [1.807, 2.05) is 12.1 Å². The first-order valence-electron chi connectivity index (χ1n) is 14.3. The lowest BCUT2D eigenvalue weighted by molar-refractivity contribution is -0.114. The number of aromatic amines is 2. The Hall–Kier alpha value is -5.39. The van der Waals surface area contributed by atoms with E-state index in [0.717, 1.165) is 18.4 Å². The fourth-order valence-electron chi connectivity index (χ4n) is 5.23. The molecule has 1 atom stereocenters. The number of carbonyl (C=O) groups excluding carboxylic acids is 2. The van der Waals surface area contributed by atoms with Gasteiger partial charge in [-0.05, 0) is 66.6 Å². The number of rotatable bonds is 9. The van der Waals surface area contributed by atoms with Crippen molar-refractivity contribution in [1.82, 2.24) is 24.5 Å². The highest BCUT2D eigenvalue weighted by Gasteiger charge is 2.27. The van der Waals surface area contributed by atoms with E-state index >= 15 is 0 Å². The SMILES string of the molecule is CC(=O)Nc1cccc(C(=O)N(C)c2ccc(C(Cc3ccccc3F)c3nc4c([nH]3)c(=O)[nH]c(=O)n4CC3CC3)cc2)n1. The minimum atomic E-state index is -0.563. The predicted octanol–water partition coefficient (Wildman–Crippen LogP) is 3.97. The Labute approximate surface area is 250 Å². The molecule has 1 aliphatic rings. The summed E-state index contributed by atoms with van der Waals surface area (Å²) in [6.07, 6.45) is 2.26. The molecule has 44 heavy (non-hydrogen) atoms. The van der Waals surface area contributed by atoms with Crippen LogP contribution in [0.5, 0.6) is 0 Å². The van der Waals surface area contributed by atoms with Gasteiger partial charge >= 0.3 is 5.69 Å². The van der Waals surface area contributed by atoms with Crippen LogP contribution in [0, 0.1) is 11.7 Å². The third kappa shape index (κ3) is 5.91. The second-order valence-electron chi connectivity index (χ2n) is 11.0. The molecule has 3 heterocycles. The highest BCUT2D eigenvalue weighted by atomic mass is 19.1. The van der Waals surface area contributed by atoms with Crippen molar-refractivity contribution in [3.63, 3.8) is 0 Å². The number of H-pyrrole nitrogens is 2. The average molecular weight is 596 g/mol. The Bertz CT molecular complexity index is 1990. The maximum Gasteiger partial charge on any atom is 0.330 e. The zero-order valence-electron chi connectivity index (χ0n) is 24.1. The van der Waals surface area contributed by atoms with Crippen molar-refractivity contribution in [2.24, 2.45) is 5.92 Å². The first-order valence-corrected chi connectivity index (χ1v) is 14.3. The molecule has 224 valence electrons. The number of pyridine rings is 1. The quantitative estimate of drug-likeness (QED) is 0.235. The van der Waals surface area contributed by atoms with Crippen molar-refractivity contribution < 1.29 is 14.0 Å². The number of carbonyl (C=O) groups is 2. The van der Waals surface area contributed by atoms with Crippen molar-refractivity contribution in [3.05, 3.63) is 116 Å². The van der Waals surface area contributed by atoms with Gasteiger partial charge in [0.1, 0.15) is 28.7 Å². The van der Waals surface area contributed by atoms with Gasteiger partial charge in [0, 0.05) is 32.1 Å². The van der Waals surface area contributed by atoms with Crippen molar-refractivity contribution in [3.8, 4) is 0 Å². The number of imidazole rings is 1. The van der Waals surface area contributed by atoms with Crippen LogP contribution in [0.15, 0.2) is 76.3 Å². The molecule has 11 nitrogen and oxygen atoms in total. The van der Waals surface area contributed by atoms with Crippen LogP contribution in [0.4, 0.5) is 15.9 Å². The molecule has 2 aromatic carbocycles. The summed E-state index contributed by atoms with van der Waals surface area (Å²) in [7, 11) is 1.62. The van der Waals surface area contributed by atoms with Crippen LogP contribution in [0.3, 0.4) is 0 Å². The van der Waals surface area contributed by atoms with E-state index in [2.05, 4.69) is 20.3 Å². The molecule has 0 radical (unpaired) electrons. The highest BCUT2D eigenvalue weighted by molar-refractivity contribution is 6.04. The summed E-state index contributed by atoms with van der Waals surface area (Å²) in [6, 6.07) is 18.4. The third-order valence-electron chi connectivity index (χ3n) is 7.76. The van der Waals surface area contributed by atoms with Crippen LogP contribution in [0.25, 0.3) is 11.2 Å². The lowest BCUT2D eigenvalue weighted by Crippen LogP contribution is -2.30. The molecule has 0 bridgehead atoms. The number of nitrogens with zero attached hydrogens (tertiary/aromatic N) is 4. The second kappa shape index (κ2) is 11.7. The van der Waals surface area contributed by atoms with Gasteiger partial charge in [0.05, 0.1) is 0 Å². The Morgan fingerprint density at radius 2 is 1.77 bits per heavy atom. The molecule has 1 aliphatic carbocycles. The Kier molecular flexibility index (Phi) is 7.64. The zero-order valence-corrected chi connectivity index (χ0v) is 24.1. The van der Waals surface area contributed by atoms with Gasteiger partial charge in [0.2, 0.25) is 5.91 Å². The fraction of sp³-hybridized carbons (Fsp3) is 0.250. The van der Waals surface area contributed by atoms with Gasteiger partial charge in [-0.3, -0.25) is 23.9 Å². The number of hydrogen-bond donors (Lipinski definition) is 3. The second-order valence-corrected chi connectivity index (χ2v) is 11.0. The topological polar surface area (TPSA) is 146 Å². The summed E-state index contributed by atoms with van der Waals surface area (Å²) in [4.78, 5) is 66.0. The number of nitrogens with one attached hydrogen (secondary N) is 3. The molecule has 1 saturated carbocycles. The maximum atomic E-state index is 14.8. The maximum absolute atomic E-state index is 14.8. The first-order chi connectivity index (χ1) is 21.2. The summed E-state index contributed by atoms with van der Waals surface area (Å²) in [5, 5.41) is 2.57. The van der Waals surface area contributed by atoms with Crippen LogP contribution in [-0.2, 0) is 17.8 Å². The first kappa shape index (κ1) is 28.7. The highest BCUT2D eigenvalue weighted by Crippen LogP contribution is 2.32. The Morgan fingerprint density at radius 1 is 1.02 bits per heavy atom. The summed E-state index contributed by atoms with van der Waals surface area (Å²) in [5.41, 5.74) is 1.35. The Balaban J connectivity index is 1.35. The standard InChI is InChI=1S/C32H30FN7O4/c1-18(41)34-26-9-5-8-25(35-26)31(43)39(2)22-14-12-20(13-15-22)23(16-21-6-3-4-7-24(21)33)28-36-27-29(37-28)40(17-19-10-11-19)32(44)38-30(27)42/h3-9,12-15,19,23H,10-11,16-17H2,1-2H3,(H,36,37)(H,34,35,41)(H,38,42,44). The van der Waals surface area contributed by atoms with Gasteiger partial charge in [-0.2, -0.15) is 0 Å². The van der Waals surface area contributed by atoms with E-state index in [4.69, 9.17) is 4.98 Å². The molecular formula is C32H30FN7O4. The van der Waals surface area contributed by atoms with Gasteiger partial charge in [-0.25, -0.2) is 19.2 Å². The molecule has 0 aliphatic heterocycles. The summed E-state index contributed by atoms with van der Waals surface area (Å²) < 4.78 is 16.3. The van der Waals surface area contributed by atoms with Crippen LogP contribution in [0.2, 0.25) is 0 Å². The smallest absolute Gasteiger partial charge is 0.330 e. The van der Waals surface area contributed by atoms with Crippen molar-refractivity contribution >= 4 is 34.5 Å². The van der Waals surface area contributed by atoms with E-state index in [9.17, 15) is 23.6 Å². The Morgan fingerprint density at radius 3 is 2.48 bits per heavy atom. The van der Waals surface area contributed by atoms with E-state index in [1.165, 1.54) is 22.5 Å². The molecule has 0 spiro atoms. The zero-order chi connectivity index (χ0) is 31.0. The molecule has 0 saturated heterocycles. The molecule has 5 aromatic rings. The average Bonchev–Trinajstić information content (AvgIpc) is 3.73. The number of benzene rings is 2. The van der Waals surface area contributed by atoms with E-state index < -0.39 is 17.2 Å². The van der Waals surface area contributed by atoms with E-state index in [0.29, 0.717) is 29.5 Å². The largest absolute Gasteiger partial charge is 0.336 e. The molecule has 1 unspecified atom stereocenters. The monoisotopic (exact) mass is 595 g/mol. The summed E-state index contributed by atoms with van der Waals surface area (Å²) in [5.74, 6) is -0.488. The lowest BCUT2D eigenvalue weighted by atomic mass is 9.91. The van der Waals surface area contributed by atoms with Crippen LogP contribution >= 0.6 is 0 Å². The fourth-order valence-corrected chi connectivity index (χ4v) is 5.23. The molecule has 2 amide bonds. The van der Waals surface area contributed by atoms with Gasteiger partial charge in [-0.15, -0.1) is 0 Å². The molecule has 6 rings (SSSR count). The van der Waals surface area contributed by atoms with E-state index in [-0.39, 0.29) is 46.7 Å². The number of hydrogen-bond acceptors (Lipinski definition) is 6. The molecule has 3 N–H and O–H groups in total. The van der Waals surface area contributed by atoms with Crippen molar-refractivity contribution in [2.75, 3.05) is 17.3 Å². The van der Waals surface area contributed by atoms with Gasteiger partial charge in [-0.1, -0.05) is 36.4 Å². The van der Waals surface area contributed by atoms with Crippen LogP contribution in [-0.4, -0.2) is 43.4 Å². The molecule has 3 aromatic heterocycles. The predicted molar refractivity (Wildman–Crippen MR) is 163 cm³/mol. The van der Waals surface area contributed by atoms with Gasteiger partial charge in [0.15, 0.2) is 5.65 Å². The number of halogens is 1. The number of aromatic nitrogens is 5. The van der Waals surface area contributed by atoms with E-state index in [1.54, 1.807) is 55.6 Å². The summed E-state index contributed by atoms with van der Waals surface area (Å²) in [6.45, 7) is 1.83. The summed E-state index contributed by atoms with van der Waals surface area (Å²) >= 11 is 0. The molecule has 1 fully saturated rings. The minimum Gasteiger partial charge on any atom is -0.336 e.